The summed E-state index contributed by atoms with van der Waals surface area (Å²) >= 11 is 0. The molecule has 0 radical (unpaired) electrons. The Labute approximate surface area is 97.7 Å². The summed E-state index contributed by atoms with van der Waals surface area (Å²) in [5.41, 5.74) is 1.35. The highest BCUT2D eigenvalue weighted by Crippen LogP contribution is 2.26. The van der Waals surface area contributed by atoms with Gasteiger partial charge in [0, 0.05) is 5.56 Å². The van der Waals surface area contributed by atoms with E-state index in [1.54, 1.807) is 13.0 Å². The Morgan fingerprint density at radius 3 is 2.82 bits per heavy atom. The van der Waals surface area contributed by atoms with Crippen LogP contribution in [0.1, 0.15) is 11.5 Å². The molecule has 0 spiro atoms. The van der Waals surface area contributed by atoms with E-state index in [4.69, 9.17) is 10.00 Å². The van der Waals surface area contributed by atoms with Crippen LogP contribution in [0.2, 0.25) is 0 Å². The number of nitrogens with one attached hydrogen (secondary N) is 1. The Balaban J connectivity index is 2.54. The fraction of sp³-hybridized carbons (Fsp3) is 0.167. The summed E-state index contributed by atoms with van der Waals surface area (Å²) < 4.78 is 18.4. The molecule has 1 aromatic heterocycles. The predicted octanol–water partition coefficient (Wildman–Crippen LogP) is 2.40. The van der Waals surface area contributed by atoms with Gasteiger partial charge in [0.25, 0.3) is 0 Å². The first-order chi connectivity index (χ1) is 8.15. The third-order valence-electron chi connectivity index (χ3n) is 2.37. The summed E-state index contributed by atoms with van der Waals surface area (Å²) in [5, 5.41) is 8.91. The maximum Gasteiger partial charge on any atom is 0.166 e. The van der Waals surface area contributed by atoms with Crippen molar-refractivity contribution in [1.82, 2.24) is 9.97 Å². The number of hydrogen-bond donors (Lipinski definition) is 1. The molecule has 5 heteroatoms. The van der Waals surface area contributed by atoms with Gasteiger partial charge >= 0.3 is 0 Å². The molecule has 17 heavy (non-hydrogen) atoms. The molecule has 0 bridgehead atoms. The normalized spacial score (nSPS) is 10.0. The van der Waals surface area contributed by atoms with Crippen LogP contribution in [0.4, 0.5) is 4.39 Å². The fourth-order valence-corrected chi connectivity index (χ4v) is 1.60. The quantitative estimate of drug-likeness (QED) is 0.863. The molecule has 1 N–H and O–H groups in total. The molecule has 2 aromatic rings. The zero-order valence-electron chi connectivity index (χ0n) is 9.41. The number of nitriles is 1. The number of ether oxygens (including phenoxy) is 1. The average Bonchev–Trinajstić information content (AvgIpc) is 2.70. The fourth-order valence-electron chi connectivity index (χ4n) is 1.60. The Hall–Kier alpha value is -2.35. The van der Waals surface area contributed by atoms with Crippen molar-refractivity contribution in [2.45, 2.75) is 6.92 Å². The minimum absolute atomic E-state index is 0.170. The van der Waals surface area contributed by atoms with Crippen molar-refractivity contribution in [1.29, 1.82) is 5.26 Å². The summed E-state index contributed by atoms with van der Waals surface area (Å²) in [6.45, 7) is 1.74. The number of hydrogen-bond acceptors (Lipinski definition) is 3. The Morgan fingerprint density at radius 2 is 2.24 bits per heavy atom. The van der Waals surface area contributed by atoms with E-state index in [1.807, 2.05) is 6.07 Å². The van der Waals surface area contributed by atoms with Gasteiger partial charge in [0.2, 0.25) is 0 Å². The summed E-state index contributed by atoms with van der Waals surface area (Å²) in [5.74, 6) is 0.317. The molecule has 0 amide bonds. The van der Waals surface area contributed by atoms with E-state index in [2.05, 4.69) is 9.97 Å². The van der Waals surface area contributed by atoms with Gasteiger partial charge in [-0.2, -0.15) is 5.26 Å². The number of H-pyrrole nitrogens is 1. The third-order valence-corrected chi connectivity index (χ3v) is 2.37. The van der Waals surface area contributed by atoms with E-state index in [0.717, 1.165) is 0 Å². The number of rotatable bonds is 2. The van der Waals surface area contributed by atoms with Crippen LogP contribution >= 0.6 is 0 Å². The molecule has 2 rings (SSSR count). The second kappa shape index (κ2) is 4.26. The molecule has 0 aliphatic rings. The van der Waals surface area contributed by atoms with Crippen molar-refractivity contribution < 1.29 is 9.13 Å². The van der Waals surface area contributed by atoms with Crippen LogP contribution < -0.4 is 4.74 Å². The van der Waals surface area contributed by atoms with Crippen LogP contribution in [0.5, 0.6) is 5.75 Å². The number of imidazole rings is 1. The molecule has 0 aliphatic carbocycles. The highest BCUT2D eigenvalue weighted by Gasteiger charge is 2.12. The van der Waals surface area contributed by atoms with Gasteiger partial charge in [0.05, 0.1) is 12.8 Å². The van der Waals surface area contributed by atoms with Crippen LogP contribution in [0.25, 0.3) is 11.3 Å². The zero-order valence-corrected chi connectivity index (χ0v) is 9.41. The van der Waals surface area contributed by atoms with Crippen molar-refractivity contribution in [3.63, 3.8) is 0 Å². The van der Waals surface area contributed by atoms with Crippen molar-refractivity contribution in [2.24, 2.45) is 0 Å². The van der Waals surface area contributed by atoms with Crippen LogP contribution in [0.15, 0.2) is 18.2 Å². The van der Waals surface area contributed by atoms with E-state index >= 15 is 0 Å². The molecule has 0 atom stereocenters. The first-order valence-corrected chi connectivity index (χ1v) is 4.96. The van der Waals surface area contributed by atoms with E-state index < -0.39 is 5.82 Å². The monoisotopic (exact) mass is 231 g/mol. The summed E-state index contributed by atoms with van der Waals surface area (Å²) in [6, 6.07) is 6.47. The van der Waals surface area contributed by atoms with Crippen molar-refractivity contribution >= 4 is 0 Å². The van der Waals surface area contributed by atoms with Gasteiger partial charge in [-0.3, -0.25) is 0 Å². The lowest BCUT2D eigenvalue weighted by Crippen LogP contribution is -1.89. The highest BCUT2D eigenvalue weighted by molar-refractivity contribution is 5.66. The average molecular weight is 231 g/mol. The number of aromatic nitrogens is 2. The molecule has 1 aromatic carbocycles. The largest absolute Gasteiger partial charge is 0.494 e. The SMILES string of the molecule is COc1ccc(-c2[nH]c(C)nc2C#N)cc1F. The van der Waals surface area contributed by atoms with E-state index in [-0.39, 0.29) is 11.4 Å². The minimum atomic E-state index is -0.471. The first kappa shape index (κ1) is 11.1. The summed E-state index contributed by atoms with van der Waals surface area (Å²) in [4.78, 5) is 6.94. The lowest BCUT2D eigenvalue weighted by atomic mass is 10.1. The standard InChI is InChI=1S/C12H10FN3O/c1-7-15-10(6-14)12(16-7)8-3-4-11(17-2)9(13)5-8/h3-5H,1-2H3,(H,15,16). The number of methoxy groups -OCH3 is 1. The molecule has 86 valence electrons. The molecule has 0 fully saturated rings. The van der Waals surface area contributed by atoms with Gasteiger partial charge in [-0.15, -0.1) is 0 Å². The van der Waals surface area contributed by atoms with Crippen LogP contribution in [-0.4, -0.2) is 17.1 Å². The van der Waals surface area contributed by atoms with E-state index in [0.29, 0.717) is 17.1 Å². The molecular formula is C12H10FN3O. The molecular weight excluding hydrogens is 221 g/mol. The van der Waals surface area contributed by atoms with E-state index in [1.165, 1.54) is 19.2 Å². The Kier molecular flexibility index (Phi) is 2.79. The zero-order chi connectivity index (χ0) is 12.4. The summed E-state index contributed by atoms with van der Waals surface area (Å²) in [7, 11) is 1.40. The lowest BCUT2D eigenvalue weighted by molar-refractivity contribution is 0.386. The van der Waals surface area contributed by atoms with Crippen LogP contribution in [0.3, 0.4) is 0 Å². The summed E-state index contributed by atoms with van der Waals surface area (Å²) in [6.07, 6.45) is 0. The smallest absolute Gasteiger partial charge is 0.166 e. The van der Waals surface area contributed by atoms with Crippen molar-refractivity contribution in [3.05, 3.63) is 35.5 Å². The van der Waals surface area contributed by atoms with E-state index in [9.17, 15) is 4.39 Å². The maximum absolute atomic E-state index is 13.5. The van der Waals surface area contributed by atoms with Gasteiger partial charge in [0.15, 0.2) is 17.3 Å². The lowest BCUT2D eigenvalue weighted by Gasteiger charge is -2.03. The molecule has 0 saturated carbocycles. The first-order valence-electron chi connectivity index (χ1n) is 4.96. The van der Waals surface area contributed by atoms with Crippen molar-refractivity contribution in [3.8, 4) is 23.1 Å². The molecule has 0 aliphatic heterocycles. The second-order valence-electron chi connectivity index (χ2n) is 3.51. The highest BCUT2D eigenvalue weighted by atomic mass is 19.1. The van der Waals surface area contributed by atoms with Gasteiger partial charge in [-0.1, -0.05) is 0 Å². The molecule has 0 saturated heterocycles. The van der Waals surface area contributed by atoms with Crippen LogP contribution in [-0.2, 0) is 0 Å². The number of halogens is 1. The second-order valence-corrected chi connectivity index (χ2v) is 3.51. The molecule has 0 unspecified atom stereocenters. The molecule has 4 nitrogen and oxygen atoms in total. The number of aryl methyl sites for hydroxylation is 1. The minimum Gasteiger partial charge on any atom is -0.494 e. The predicted molar refractivity (Wildman–Crippen MR) is 60.0 cm³/mol. The Morgan fingerprint density at radius 1 is 1.47 bits per heavy atom. The topological polar surface area (TPSA) is 61.7 Å². The van der Waals surface area contributed by atoms with Gasteiger partial charge in [-0.05, 0) is 25.1 Å². The molecule has 1 heterocycles. The van der Waals surface area contributed by atoms with Crippen molar-refractivity contribution in [2.75, 3.05) is 7.11 Å². The Bertz CT molecular complexity index is 598. The third kappa shape index (κ3) is 1.97. The number of nitrogens with zero attached hydrogens (tertiary/aromatic N) is 2. The number of aromatic amines is 1. The number of benzene rings is 1. The van der Waals surface area contributed by atoms with Gasteiger partial charge in [0.1, 0.15) is 11.9 Å². The van der Waals surface area contributed by atoms with Crippen LogP contribution in [0, 0.1) is 24.1 Å². The van der Waals surface area contributed by atoms with Gasteiger partial charge < -0.3 is 9.72 Å². The van der Waals surface area contributed by atoms with Gasteiger partial charge in [-0.25, -0.2) is 9.37 Å². The maximum atomic E-state index is 13.5.